The second-order valence-electron chi connectivity index (χ2n) is 5.73. The third-order valence-electron chi connectivity index (χ3n) is 3.76. The van der Waals surface area contributed by atoms with Crippen LogP contribution < -0.4 is 10.1 Å². The average molecular weight is 382 g/mol. The van der Waals surface area contributed by atoms with E-state index < -0.39 is 18.5 Å². The number of aromatic nitrogens is 1. The van der Waals surface area contributed by atoms with Gasteiger partial charge in [0.05, 0.1) is 12.8 Å². The minimum absolute atomic E-state index is 0.267. The van der Waals surface area contributed by atoms with Gasteiger partial charge in [-0.25, -0.2) is 9.78 Å². The zero-order chi connectivity index (χ0) is 19.2. The highest BCUT2D eigenvalue weighted by atomic mass is 32.1. The van der Waals surface area contributed by atoms with Crippen molar-refractivity contribution in [3.8, 4) is 17.0 Å². The van der Waals surface area contributed by atoms with Gasteiger partial charge in [0.15, 0.2) is 11.7 Å². The number of thiazole rings is 1. The van der Waals surface area contributed by atoms with Crippen molar-refractivity contribution in [2.24, 2.45) is 0 Å². The molecule has 27 heavy (non-hydrogen) atoms. The van der Waals surface area contributed by atoms with E-state index >= 15 is 0 Å². The number of carbonyl (C=O) groups is 2. The third-order valence-corrected chi connectivity index (χ3v) is 4.52. The van der Waals surface area contributed by atoms with Crippen LogP contribution in [0.5, 0.6) is 5.75 Å². The first-order chi connectivity index (χ1) is 13.1. The normalized spacial score (nSPS) is 10.3. The van der Waals surface area contributed by atoms with Gasteiger partial charge < -0.3 is 9.47 Å². The topological polar surface area (TPSA) is 77.5 Å². The Bertz CT molecular complexity index is 951. The predicted molar refractivity (Wildman–Crippen MR) is 104 cm³/mol. The minimum atomic E-state index is -0.623. The molecule has 1 aromatic heterocycles. The molecule has 0 bridgehead atoms. The minimum Gasteiger partial charge on any atom is -0.496 e. The highest BCUT2D eigenvalue weighted by Crippen LogP contribution is 2.25. The van der Waals surface area contributed by atoms with Gasteiger partial charge in [-0.2, -0.15) is 0 Å². The summed E-state index contributed by atoms with van der Waals surface area (Å²) in [5, 5.41) is 4.95. The van der Waals surface area contributed by atoms with Crippen molar-refractivity contribution in [3.63, 3.8) is 0 Å². The first-order valence-corrected chi connectivity index (χ1v) is 9.07. The van der Waals surface area contributed by atoms with Gasteiger partial charge >= 0.3 is 5.97 Å². The largest absolute Gasteiger partial charge is 0.496 e. The SMILES string of the molecule is COc1ccccc1C(=O)OCC(=O)Nc1nc(-c2ccc(C)cc2)cs1. The van der Waals surface area contributed by atoms with Crippen molar-refractivity contribution in [3.05, 3.63) is 65.0 Å². The van der Waals surface area contributed by atoms with Gasteiger partial charge in [-0.1, -0.05) is 42.0 Å². The van der Waals surface area contributed by atoms with Crippen LogP contribution in [0, 0.1) is 6.92 Å². The zero-order valence-corrected chi connectivity index (χ0v) is 15.7. The maximum atomic E-state index is 12.1. The Hall–Kier alpha value is -3.19. The third kappa shape index (κ3) is 4.71. The smallest absolute Gasteiger partial charge is 0.342 e. The van der Waals surface area contributed by atoms with E-state index in [1.165, 1.54) is 24.0 Å². The van der Waals surface area contributed by atoms with Gasteiger partial charge in [-0.05, 0) is 19.1 Å². The van der Waals surface area contributed by atoms with E-state index in [4.69, 9.17) is 9.47 Å². The molecule has 3 aromatic rings. The highest BCUT2D eigenvalue weighted by Gasteiger charge is 2.15. The molecule has 0 atom stereocenters. The number of amides is 1. The van der Waals surface area contributed by atoms with Gasteiger partial charge in [0, 0.05) is 10.9 Å². The zero-order valence-electron chi connectivity index (χ0n) is 14.9. The van der Waals surface area contributed by atoms with E-state index in [0.29, 0.717) is 10.9 Å². The summed E-state index contributed by atoms with van der Waals surface area (Å²) in [5.41, 5.74) is 3.18. The van der Waals surface area contributed by atoms with Gasteiger partial charge in [-0.3, -0.25) is 10.1 Å². The van der Waals surface area contributed by atoms with Gasteiger partial charge in [0.1, 0.15) is 11.3 Å². The average Bonchev–Trinajstić information content (AvgIpc) is 3.15. The molecule has 0 spiro atoms. The molecule has 0 aliphatic rings. The number of hydrogen-bond acceptors (Lipinski definition) is 6. The molecule has 0 aliphatic carbocycles. The van der Waals surface area contributed by atoms with Gasteiger partial charge in [-0.15, -0.1) is 11.3 Å². The first-order valence-electron chi connectivity index (χ1n) is 8.19. The molecule has 0 radical (unpaired) electrons. The molecule has 0 fully saturated rings. The van der Waals surface area contributed by atoms with Crippen molar-refractivity contribution in [1.82, 2.24) is 4.98 Å². The number of carbonyl (C=O) groups excluding carboxylic acids is 2. The molecule has 2 aromatic carbocycles. The second-order valence-corrected chi connectivity index (χ2v) is 6.59. The fourth-order valence-corrected chi connectivity index (χ4v) is 3.10. The fourth-order valence-electron chi connectivity index (χ4n) is 2.37. The predicted octanol–water partition coefficient (Wildman–Crippen LogP) is 3.92. The number of hydrogen-bond donors (Lipinski definition) is 1. The number of para-hydroxylation sites is 1. The molecule has 0 saturated heterocycles. The first kappa shape index (κ1) is 18.6. The lowest BCUT2D eigenvalue weighted by atomic mass is 10.1. The molecule has 0 unspecified atom stereocenters. The van der Waals surface area contributed by atoms with E-state index in [9.17, 15) is 9.59 Å². The number of nitrogens with one attached hydrogen (secondary N) is 1. The number of rotatable bonds is 6. The summed E-state index contributed by atoms with van der Waals surface area (Å²) in [6.07, 6.45) is 0. The summed E-state index contributed by atoms with van der Waals surface area (Å²) >= 11 is 1.31. The van der Waals surface area contributed by atoms with E-state index in [1.54, 1.807) is 24.3 Å². The van der Waals surface area contributed by atoms with Gasteiger partial charge in [0.2, 0.25) is 0 Å². The van der Waals surface area contributed by atoms with E-state index in [0.717, 1.165) is 11.3 Å². The molecule has 7 heteroatoms. The monoisotopic (exact) mass is 382 g/mol. The second kappa shape index (κ2) is 8.46. The Labute approximate surface area is 160 Å². The van der Waals surface area contributed by atoms with Crippen LogP contribution in [0.2, 0.25) is 0 Å². The van der Waals surface area contributed by atoms with Gasteiger partial charge in [0.25, 0.3) is 5.91 Å². The molecule has 138 valence electrons. The van der Waals surface area contributed by atoms with E-state index in [2.05, 4.69) is 10.3 Å². The molecule has 0 aliphatic heterocycles. The maximum absolute atomic E-state index is 12.1. The molecule has 3 rings (SSSR count). The standard InChI is InChI=1S/C20H18N2O4S/c1-13-7-9-14(10-8-13)16-12-27-20(21-16)22-18(23)11-26-19(24)15-5-3-4-6-17(15)25-2/h3-10,12H,11H2,1-2H3,(H,21,22,23). The summed E-state index contributed by atoms with van der Waals surface area (Å²) in [4.78, 5) is 28.5. The quantitative estimate of drug-likeness (QED) is 0.654. The van der Waals surface area contributed by atoms with Crippen molar-refractivity contribution >= 4 is 28.3 Å². The van der Waals surface area contributed by atoms with Crippen molar-refractivity contribution in [2.45, 2.75) is 6.92 Å². The number of nitrogens with zero attached hydrogens (tertiary/aromatic N) is 1. The number of aryl methyl sites for hydroxylation is 1. The summed E-state index contributed by atoms with van der Waals surface area (Å²) in [6.45, 7) is 1.61. The van der Waals surface area contributed by atoms with Crippen LogP contribution in [0.15, 0.2) is 53.9 Å². The van der Waals surface area contributed by atoms with Crippen LogP contribution in [-0.4, -0.2) is 30.6 Å². The molecule has 1 amide bonds. The van der Waals surface area contributed by atoms with E-state index in [1.807, 2.05) is 36.6 Å². The van der Waals surface area contributed by atoms with Crippen molar-refractivity contribution in [2.75, 3.05) is 19.0 Å². The Kier molecular flexibility index (Phi) is 5.83. The molecule has 6 nitrogen and oxygen atoms in total. The van der Waals surface area contributed by atoms with Crippen LogP contribution in [0.4, 0.5) is 5.13 Å². The van der Waals surface area contributed by atoms with Crippen LogP contribution in [0.1, 0.15) is 15.9 Å². The number of esters is 1. The highest BCUT2D eigenvalue weighted by molar-refractivity contribution is 7.14. The summed E-state index contributed by atoms with van der Waals surface area (Å²) in [6, 6.07) is 14.6. The van der Waals surface area contributed by atoms with Crippen molar-refractivity contribution < 1.29 is 19.1 Å². The van der Waals surface area contributed by atoms with E-state index in [-0.39, 0.29) is 5.56 Å². The molecule has 1 heterocycles. The van der Waals surface area contributed by atoms with Crippen LogP contribution in [0.3, 0.4) is 0 Å². The molecular formula is C20H18N2O4S. The lowest BCUT2D eigenvalue weighted by Crippen LogP contribution is -2.21. The maximum Gasteiger partial charge on any atom is 0.342 e. The fraction of sp³-hybridized carbons (Fsp3) is 0.150. The van der Waals surface area contributed by atoms with Crippen LogP contribution in [0.25, 0.3) is 11.3 Å². The lowest BCUT2D eigenvalue weighted by Gasteiger charge is -2.08. The molecule has 1 N–H and O–H groups in total. The Morgan fingerprint density at radius 3 is 2.59 bits per heavy atom. The summed E-state index contributed by atoms with van der Waals surface area (Å²) in [7, 11) is 1.47. The number of anilines is 1. The Balaban J connectivity index is 1.57. The lowest BCUT2D eigenvalue weighted by molar-refractivity contribution is -0.119. The number of ether oxygens (including phenoxy) is 2. The number of methoxy groups -OCH3 is 1. The van der Waals surface area contributed by atoms with Crippen LogP contribution in [-0.2, 0) is 9.53 Å². The summed E-state index contributed by atoms with van der Waals surface area (Å²) in [5.74, 6) is -0.685. The Morgan fingerprint density at radius 2 is 1.85 bits per heavy atom. The Morgan fingerprint density at radius 1 is 1.11 bits per heavy atom. The molecule has 0 saturated carbocycles. The molecular weight excluding hydrogens is 364 g/mol. The van der Waals surface area contributed by atoms with Crippen LogP contribution >= 0.6 is 11.3 Å². The van der Waals surface area contributed by atoms with Crippen molar-refractivity contribution in [1.29, 1.82) is 0 Å². The summed E-state index contributed by atoms with van der Waals surface area (Å²) < 4.78 is 10.2. The number of benzene rings is 2.